The number of nitrogens with one attached hydrogen (secondary N) is 1. The van der Waals surface area contributed by atoms with Crippen molar-refractivity contribution in [1.82, 2.24) is 10.2 Å². The summed E-state index contributed by atoms with van der Waals surface area (Å²) < 4.78 is 12.9. The molecule has 3 heteroatoms. The maximum Gasteiger partial charge on any atom is 0.123 e. The minimum Gasteiger partial charge on any atom is -0.311 e. The standard InChI is InChI=1S/C18H21FN2/c19-17-8-6-16(7-9-17)13-21-11-10-20-18(14-21)12-15-4-2-1-3-5-15/h1-9,18,20H,10-14H2. The van der Waals surface area contributed by atoms with Gasteiger partial charge in [0.2, 0.25) is 0 Å². The Kier molecular flexibility index (Phi) is 4.63. The zero-order valence-electron chi connectivity index (χ0n) is 12.1. The summed E-state index contributed by atoms with van der Waals surface area (Å²) in [7, 11) is 0. The van der Waals surface area contributed by atoms with Crippen molar-refractivity contribution in [1.29, 1.82) is 0 Å². The van der Waals surface area contributed by atoms with Gasteiger partial charge in [0.05, 0.1) is 0 Å². The third-order valence-corrected chi connectivity index (χ3v) is 3.98. The Balaban J connectivity index is 1.57. The van der Waals surface area contributed by atoms with Crippen molar-refractivity contribution < 1.29 is 4.39 Å². The molecule has 1 aliphatic heterocycles. The second kappa shape index (κ2) is 6.83. The van der Waals surface area contributed by atoms with Gasteiger partial charge >= 0.3 is 0 Å². The molecule has 0 radical (unpaired) electrons. The number of rotatable bonds is 4. The van der Waals surface area contributed by atoms with Crippen molar-refractivity contribution in [3.8, 4) is 0 Å². The Bertz CT molecular complexity index is 553. The van der Waals surface area contributed by atoms with Gasteiger partial charge in [0.25, 0.3) is 0 Å². The summed E-state index contributed by atoms with van der Waals surface area (Å²) in [6.45, 7) is 3.99. The first kappa shape index (κ1) is 14.2. The monoisotopic (exact) mass is 284 g/mol. The van der Waals surface area contributed by atoms with Crippen LogP contribution in [0.3, 0.4) is 0 Å². The van der Waals surface area contributed by atoms with Gasteiger partial charge in [-0.3, -0.25) is 4.90 Å². The lowest BCUT2D eigenvalue weighted by molar-refractivity contribution is 0.192. The Morgan fingerprint density at radius 2 is 1.76 bits per heavy atom. The van der Waals surface area contributed by atoms with Crippen molar-refractivity contribution in [2.45, 2.75) is 19.0 Å². The van der Waals surface area contributed by atoms with E-state index in [1.165, 1.54) is 11.1 Å². The van der Waals surface area contributed by atoms with Gasteiger partial charge in [-0.25, -0.2) is 4.39 Å². The summed E-state index contributed by atoms with van der Waals surface area (Å²) in [6.07, 6.45) is 1.06. The van der Waals surface area contributed by atoms with E-state index in [1.807, 2.05) is 12.1 Å². The molecule has 3 rings (SSSR count). The van der Waals surface area contributed by atoms with E-state index < -0.39 is 0 Å². The highest BCUT2D eigenvalue weighted by Gasteiger charge is 2.19. The van der Waals surface area contributed by atoms with Gasteiger partial charge < -0.3 is 5.32 Å². The molecule has 2 aromatic carbocycles. The zero-order chi connectivity index (χ0) is 14.5. The van der Waals surface area contributed by atoms with Crippen molar-refractivity contribution in [2.24, 2.45) is 0 Å². The summed E-state index contributed by atoms with van der Waals surface area (Å²) >= 11 is 0. The minimum atomic E-state index is -0.166. The fourth-order valence-electron chi connectivity index (χ4n) is 2.92. The van der Waals surface area contributed by atoms with Gasteiger partial charge in [0.1, 0.15) is 5.82 Å². The number of halogens is 1. The summed E-state index contributed by atoms with van der Waals surface area (Å²) in [6, 6.07) is 17.9. The zero-order valence-corrected chi connectivity index (χ0v) is 12.1. The quantitative estimate of drug-likeness (QED) is 0.929. The van der Waals surface area contributed by atoms with Crippen LogP contribution in [-0.2, 0) is 13.0 Å². The topological polar surface area (TPSA) is 15.3 Å². The fourth-order valence-corrected chi connectivity index (χ4v) is 2.92. The van der Waals surface area contributed by atoms with E-state index in [0.29, 0.717) is 6.04 Å². The van der Waals surface area contributed by atoms with Crippen LogP contribution in [0.25, 0.3) is 0 Å². The molecule has 0 bridgehead atoms. The average molecular weight is 284 g/mol. The van der Waals surface area contributed by atoms with Crippen LogP contribution in [0.4, 0.5) is 4.39 Å². The van der Waals surface area contributed by atoms with Crippen LogP contribution in [0.1, 0.15) is 11.1 Å². The molecule has 21 heavy (non-hydrogen) atoms. The SMILES string of the molecule is Fc1ccc(CN2CCNC(Cc3ccccc3)C2)cc1. The van der Waals surface area contributed by atoms with Crippen LogP contribution in [0.15, 0.2) is 54.6 Å². The molecule has 1 unspecified atom stereocenters. The van der Waals surface area contributed by atoms with Crippen LogP contribution in [0.2, 0.25) is 0 Å². The van der Waals surface area contributed by atoms with Gasteiger partial charge in [-0.15, -0.1) is 0 Å². The summed E-state index contributed by atoms with van der Waals surface area (Å²) in [5.74, 6) is -0.166. The normalized spacial score (nSPS) is 19.6. The molecule has 1 aliphatic rings. The maximum atomic E-state index is 12.9. The van der Waals surface area contributed by atoms with E-state index in [0.717, 1.165) is 32.6 Å². The average Bonchev–Trinajstić information content (AvgIpc) is 2.51. The van der Waals surface area contributed by atoms with Gasteiger partial charge in [0, 0.05) is 32.2 Å². The number of hydrogen-bond donors (Lipinski definition) is 1. The molecule has 1 N–H and O–H groups in total. The first-order valence-corrected chi connectivity index (χ1v) is 7.54. The molecule has 0 aromatic heterocycles. The van der Waals surface area contributed by atoms with E-state index in [4.69, 9.17) is 0 Å². The first-order chi connectivity index (χ1) is 10.3. The van der Waals surface area contributed by atoms with Crippen molar-refractivity contribution in [3.05, 3.63) is 71.5 Å². The summed E-state index contributed by atoms with van der Waals surface area (Å²) in [4.78, 5) is 2.44. The summed E-state index contributed by atoms with van der Waals surface area (Å²) in [5, 5.41) is 3.59. The molecule has 0 spiro atoms. The number of benzene rings is 2. The largest absolute Gasteiger partial charge is 0.311 e. The predicted octanol–water partition coefficient (Wildman–Crippen LogP) is 2.84. The molecular formula is C18H21FN2. The smallest absolute Gasteiger partial charge is 0.123 e. The van der Waals surface area contributed by atoms with Crippen molar-refractivity contribution in [3.63, 3.8) is 0 Å². The molecule has 2 aromatic rings. The van der Waals surface area contributed by atoms with Crippen LogP contribution in [0, 0.1) is 5.82 Å². The van der Waals surface area contributed by atoms with E-state index >= 15 is 0 Å². The molecular weight excluding hydrogens is 263 g/mol. The molecule has 0 saturated carbocycles. The van der Waals surface area contributed by atoms with Gasteiger partial charge in [0.15, 0.2) is 0 Å². The van der Waals surface area contributed by atoms with Crippen molar-refractivity contribution >= 4 is 0 Å². The third-order valence-electron chi connectivity index (χ3n) is 3.98. The second-order valence-corrected chi connectivity index (χ2v) is 5.70. The molecule has 110 valence electrons. The predicted molar refractivity (Wildman–Crippen MR) is 83.6 cm³/mol. The first-order valence-electron chi connectivity index (χ1n) is 7.54. The molecule has 1 fully saturated rings. The van der Waals surface area contributed by atoms with Gasteiger partial charge in [-0.1, -0.05) is 42.5 Å². The Hall–Kier alpha value is -1.71. The maximum absolute atomic E-state index is 12.9. The fraction of sp³-hybridized carbons (Fsp3) is 0.333. The van der Waals surface area contributed by atoms with Crippen LogP contribution < -0.4 is 5.32 Å². The molecule has 0 aliphatic carbocycles. The lowest BCUT2D eigenvalue weighted by Crippen LogP contribution is -2.51. The Labute approximate surface area is 125 Å². The van der Waals surface area contributed by atoms with Crippen LogP contribution >= 0.6 is 0 Å². The van der Waals surface area contributed by atoms with E-state index in [9.17, 15) is 4.39 Å². The lowest BCUT2D eigenvalue weighted by Gasteiger charge is -2.34. The number of nitrogens with zero attached hydrogens (tertiary/aromatic N) is 1. The van der Waals surface area contributed by atoms with E-state index in [1.54, 1.807) is 12.1 Å². The van der Waals surface area contributed by atoms with Gasteiger partial charge in [-0.05, 0) is 29.7 Å². The molecule has 0 amide bonds. The van der Waals surface area contributed by atoms with Crippen molar-refractivity contribution in [2.75, 3.05) is 19.6 Å². The minimum absolute atomic E-state index is 0.166. The Morgan fingerprint density at radius 3 is 2.52 bits per heavy atom. The molecule has 1 saturated heterocycles. The third kappa shape index (κ3) is 4.13. The number of piperazine rings is 1. The van der Waals surface area contributed by atoms with E-state index in [-0.39, 0.29) is 5.82 Å². The molecule has 1 heterocycles. The van der Waals surface area contributed by atoms with Crippen LogP contribution in [0.5, 0.6) is 0 Å². The highest BCUT2D eigenvalue weighted by atomic mass is 19.1. The Morgan fingerprint density at radius 1 is 1.00 bits per heavy atom. The molecule has 2 nitrogen and oxygen atoms in total. The summed E-state index contributed by atoms with van der Waals surface area (Å²) in [5.41, 5.74) is 2.55. The van der Waals surface area contributed by atoms with Crippen LogP contribution in [-0.4, -0.2) is 30.6 Å². The highest BCUT2D eigenvalue weighted by molar-refractivity contribution is 5.17. The molecule has 1 atom stereocenters. The lowest BCUT2D eigenvalue weighted by atomic mass is 10.0. The highest BCUT2D eigenvalue weighted by Crippen LogP contribution is 2.11. The second-order valence-electron chi connectivity index (χ2n) is 5.70. The van der Waals surface area contributed by atoms with E-state index in [2.05, 4.69) is 40.5 Å². The van der Waals surface area contributed by atoms with Gasteiger partial charge in [-0.2, -0.15) is 0 Å². The number of hydrogen-bond acceptors (Lipinski definition) is 2.